The lowest BCUT2D eigenvalue weighted by Crippen LogP contribution is -2.26. The van der Waals surface area contributed by atoms with Gasteiger partial charge in [-0.3, -0.25) is 4.21 Å². The van der Waals surface area contributed by atoms with Crippen LogP contribution in [0.1, 0.15) is 31.4 Å². The van der Waals surface area contributed by atoms with Gasteiger partial charge in [-0.2, -0.15) is 0 Å². The molecular formula is C12H16BrNOS. The lowest BCUT2D eigenvalue weighted by Gasteiger charge is -2.17. The standard InChI is InChI=1S/C12H16BrNOS/c1-3-4-11-12(14-2)9-7-8(13)5-6-10(9)16(11)15/h5-7,11-12,14H,3-4H2,1-2H3. The molecule has 0 spiro atoms. The van der Waals surface area contributed by atoms with Gasteiger partial charge in [0.1, 0.15) is 0 Å². The number of nitrogens with one attached hydrogen (secondary N) is 1. The van der Waals surface area contributed by atoms with Crippen molar-refractivity contribution in [3.8, 4) is 0 Å². The number of hydrogen-bond donors (Lipinski definition) is 1. The van der Waals surface area contributed by atoms with Crippen LogP contribution in [-0.4, -0.2) is 16.5 Å². The average molecular weight is 302 g/mol. The second kappa shape index (κ2) is 4.98. The zero-order chi connectivity index (χ0) is 11.7. The van der Waals surface area contributed by atoms with Gasteiger partial charge < -0.3 is 5.32 Å². The van der Waals surface area contributed by atoms with Crippen LogP contribution >= 0.6 is 15.9 Å². The number of benzene rings is 1. The Labute approximate surface area is 107 Å². The fourth-order valence-corrected chi connectivity index (χ4v) is 4.64. The molecule has 0 saturated heterocycles. The largest absolute Gasteiger partial charge is 0.312 e. The zero-order valence-corrected chi connectivity index (χ0v) is 11.9. The van der Waals surface area contributed by atoms with E-state index >= 15 is 0 Å². The average Bonchev–Trinajstić information content (AvgIpc) is 2.52. The molecule has 4 heteroatoms. The first-order valence-electron chi connectivity index (χ1n) is 5.56. The Kier molecular flexibility index (Phi) is 3.82. The van der Waals surface area contributed by atoms with E-state index in [2.05, 4.69) is 34.2 Å². The van der Waals surface area contributed by atoms with E-state index in [1.165, 1.54) is 5.56 Å². The minimum atomic E-state index is -0.857. The zero-order valence-electron chi connectivity index (χ0n) is 9.50. The van der Waals surface area contributed by atoms with Gasteiger partial charge >= 0.3 is 0 Å². The van der Waals surface area contributed by atoms with Gasteiger partial charge in [0.2, 0.25) is 0 Å². The van der Waals surface area contributed by atoms with Gasteiger partial charge in [0.05, 0.1) is 16.0 Å². The molecule has 1 aliphatic rings. The van der Waals surface area contributed by atoms with Crippen molar-refractivity contribution >= 4 is 26.7 Å². The highest BCUT2D eigenvalue weighted by molar-refractivity contribution is 9.10. The molecule has 0 radical (unpaired) electrons. The van der Waals surface area contributed by atoms with Crippen LogP contribution in [0.5, 0.6) is 0 Å². The molecule has 2 nitrogen and oxygen atoms in total. The van der Waals surface area contributed by atoms with Crippen molar-refractivity contribution in [3.05, 3.63) is 28.2 Å². The molecule has 0 amide bonds. The van der Waals surface area contributed by atoms with Crippen LogP contribution < -0.4 is 5.32 Å². The molecule has 88 valence electrons. The number of rotatable bonds is 3. The van der Waals surface area contributed by atoms with E-state index in [0.29, 0.717) is 0 Å². The van der Waals surface area contributed by atoms with Crippen LogP contribution in [0, 0.1) is 0 Å². The van der Waals surface area contributed by atoms with Gasteiger partial charge in [-0.05, 0) is 37.2 Å². The maximum atomic E-state index is 12.3. The molecule has 2 rings (SSSR count). The van der Waals surface area contributed by atoms with Gasteiger partial charge in [-0.25, -0.2) is 0 Å². The third kappa shape index (κ3) is 1.98. The summed E-state index contributed by atoms with van der Waals surface area (Å²) < 4.78 is 13.4. The van der Waals surface area contributed by atoms with E-state index in [1.807, 2.05) is 19.2 Å². The summed E-state index contributed by atoms with van der Waals surface area (Å²) in [4.78, 5) is 1.00. The lowest BCUT2D eigenvalue weighted by atomic mass is 10.0. The molecule has 0 aromatic heterocycles. The van der Waals surface area contributed by atoms with Crippen molar-refractivity contribution in [1.29, 1.82) is 0 Å². The normalized spacial score (nSPS) is 28.1. The molecule has 0 fully saturated rings. The van der Waals surface area contributed by atoms with E-state index in [0.717, 1.165) is 22.2 Å². The highest BCUT2D eigenvalue weighted by Gasteiger charge is 2.37. The number of hydrogen-bond acceptors (Lipinski definition) is 2. The highest BCUT2D eigenvalue weighted by Crippen LogP contribution is 2.39. The van der Waals surface area contributed by atoms with Crippen molar-refractivity contribution in [1.82, 2.24) is 5.32 Å². The molecule has 1 aromatic rings. The summed E-state index contributed by atoms with van der Waals surface area (Å²) in [7, 11) is 1.09. The van der Waals surface area contributed by atoms with E-state index in [-0.39, 0.29) is 11.3 Å². The van der Waals surface area contributed by atoms with E-state index < -0.39 is 10.8 Å². The predicted molar refractivity (Wildman–Crippen MR) is 71.0 cm³/mol. The van der Waals surface area contributed by atoms with Crippen molar-refractivity contribution in [2.45, 2.75) is 36.0 Å². The fraction of sp³-hybridized carbons (Fsp3) is 0.500. The maximum absolute atomic E-state index is 12.3. The molecule has 3 atom stereocenters. The van der Waals surface area contributed by atoms with E-state index in [4.69, 9.17) is 0 Å². The molecule has 16 heavy (non-hydrogen) atoms. The van der Waals surface area contributed by atoms with Crippen LogP contribution in [0.2, 0.25) is 0 Å². The van der Waals surface area contributed by atoms with Gasteiger partial charge in [-0.15, -0.1) is 0 Å². The molecule has 0 saturated carbocycles. The summed E-state index contributed by atoms with van der Waals surface area (Å²) in [5.41, 5.74) is 1.19. The molecule has 1 aliphatic heterocycles. The first kappa shape index (κ1) is 12.3. The highest BCUT2D eigenvalue weighted by atomic mass is 79.9. The summed E-state index contributed by atoms with van der Waals surface area (Å²) in [6.45, 7) is 2.14. The van der Waals surface area contributed by atoms with Crippen LogP contribution in [0.4, 0.5) is 0 Å². The summed E-state index contributed by atoms with van der Waals surface area (Å²) in [6.07, 6.45) is 2.08. The fourth-order valence-electron chi connectivity index (χ4n) is 2.33. The Hall–Kier alpha value is -0.190. The lowest BCUT2D eigenvalue weighted by molar-refractivity contribution is 0.534. The third-order valence-corrected chi connectivity index (χ3v) is 5.41. The molecular weight excluding hydrogens is 286 g/mol. The second-order valence-electron chi connectivity index (χ2n) is 4.07. The summed E-state index contributed by atoms with van der Waals surface area (Å²) in [6, 6.07) is 6.27. The quantitative estimate of drug-likeness (QED) is 0.930. The number of fused-ring (bicyclic) bond motifs is 1. The van der Waals surface area contributed by atoms with Crippen molar-refractivity contribution in [3.63, 3.8) is 0 Å². The molecule has 1 heterocycles. The van der Waals surface area contributed by atoms with Crippen LogP contribution in [0.25, 0.3) is 0 Å². The Bertz CT molecular complexity index is 421. The molecule has 1 aromatic carbocycles. The first-order valence-corrected chi connectivity index (χ1v) is 7.57. The molecule has 0 bridgehead atoms. The van der Waals surface area contributed by atoms with Crippen molar-refractivity contribution in [2.75, 3.05) is 7.05 Å². The Morgan fingerprint density at radius 1 is 1.50 bits per heavy atom. The van der Waals surface area contributed by atoms with E-state index in [9.17, 15) is 4.21 Å². The Morgan fingerprint density at radius 3 is 2.88 bits per heavy atom. The first-order chi connectivity index (χ1) is 7.69. The molecule has 3 unspecified atom stereocenters. The second-order valence-corrected chi connectivity index (χ2v) is 6.63. The summed E-state index contributed by atoms with van der Waals surface area (Å²) >= 11 is 3.47. The minimum absolute atomic E-state index is 0.222. The molecule has 1 N–H and O–H groups in total. The SMILES string of the molecule is CCCC1C(NC)c2cc(Br)ccc2S1=O. The van der Waals surface area contributed by atoms with Crippen molar-refractivity contribution < 1.29 is 4.21 Å². The van der Waals surface area contributed by atoms with Gasteiger partial charge in [0, 0.05) is 15.4 Å². The number of halogens is 1. The van der Waals surface area contributed by atoms with Gasteiger partial charge in [-0.1, -0.05) is 29.3 Å². The van der Waals surface area contributed by atoms with Crippen LogP contribution in [0.3, 0.4) is 0 Å². The topological polar surface area (TPSA) is 29.1 Å². The van der Waals surface area contributed by atoms with Gasteiger partial charge in [0.15, 0.2) is 0 Å². The third-order valence-electron chi connectivity index (χ3n) is 3.05. The smallest absolute Gasteiger partial charge is 0.0589 e. The summed E-state index contributed by atoms with van der Waals surface area (Å²) in [5.74, 6) is 0. The maximum Gasteiger partial charge on any atom is 0.0589 e. The van der Waals surface area contributed by atoms with Gasteiger partial charge in [0.25, 0.3) is 0 Å². The Balaban J connectivity index is 2.43. The predicted octanol–water partition coefficient (Wildman–Crippen LogP) is 3.00. The molecule has 0 aliphatic carbocycles. The van der Waals surface area contributed by atoms with Crippen LogP contribution in [-0.2, 0) is 10.8 Å². The van der Waals surface area contributed by atoms with Crippen molar-refractivity contribution in [2.24, 2.45) is 0 Å². The summed E-state index contributed by atoms with van der Waals surface area (Å²) in [5, 5.41) is 3.52. The monoisotopic (exact) mass is 301 g/mol. The minimum Gasteiger partial charge on any atom is -0.312 e. The Morgan fingerprint density at radius 2 is 2.25 bits per heavy atom. The van der Waals surface area contributed by atoms with Crippen LogP contribution in [0.15, 0.2) is 27.6 Å². The van der Waals surface area contributed by atoms with E-state index in [1.54, 1.807) is 0 Å².